The highest BCUT2D eigenvalue weighted by molar-refractivity contribution is 7.80. The maximum atomic E-state index is 13.2. The van der Waals surface area contributed by atoms with Gasteiger partial charge in [-0.05, 0) is 68.2 Å². The number of imidazole rings is 1. The van der Waals surface area contributed by atoms with Crippen LogP contribution in [0.5, 0.6) is 0 Å². The number of benzene rings is 2. The van der Waals surface area contributed by atoms with Gasteiger partial charge in [-0.25, -0.2) is 4.98 Å². The second-order valence-electron chi connectivity index (χ2n) is 10.9. The number of rotatable bonds is 10. The van der Waals surface area contributed by atoms with Gasteiger partial charge >= 0.3 is 0 Å². The Kier molecular flexibility index (Phi) is 10.1. The largest absolute Gasteiger partial charge is 0.360 e. The molecule has 0 bridgehead atoms. The first-order valence-electron chi connectivity index (χ1n) is 13.4. The lowest BCUT2D eigenvalue weighted by Crippen LogP contribution is -2.55. The minimum atomic E-state index is -0.596. The molecule has 1 fully saturated rings. The first-order chi connectivity index (χ1) is 19.1. The lowest BCUT2D eigenvalue weighted by molar-refractivity contribution is -0.122. The molecule has 0 atom stereocenters. The minimum absolute atomic E-state index is 0.109. The molecule has 1 aliphatic rings. The number of nitrogens with zero attached hydrogens (tertiary/aromatic N) is 4. The molecule has 2 N–H and O–H groups in total. The number of nitrogens with one attached hydrogen (secondary N) is 2. The van der Waals surface area contributed by atoms with E-state index >= 15 is 0 Å². The topological polar surface area (TPSA) is 86.0 Å². The predicted octanol–water partition coefficient (Wildman–Crippen LogP) is 5.87. The van der Waals surface area contributed by atoms with Crippen LogP contribution in [0.2, 0.25) is 10.0 Å². The molecule has 0 unspecified atom stereocenters. The maximum Gasteiger partial charge on any atom is 0.226 e. The van der Waals surface area contributed by atoms with Gasteiger partial charge in [0.15, 0.2) is 5.11 Å². The third kappa shape index (κ3) is 8.20. The van der Waals surface area contributed by atoms with Gasteiger partial charge in [-0.1, -0.05) is 60.3 Å². The molecular formula is C30H34Cl2N6OS. The zero-order valence-corrected chi connectivity index (χ0v) is 25.1. The van der Waals surface area contributed by atoms with Crippen molar-refractivity contribution in [3.63, 3.8) is 0 Å². The van der Waals surface area contributed by atoms with Gasteiger partial charge in [0.2, 0.25) is 5.91 Å². The van der Waals surface area contributed by atoms with Crippen LogP contribution in [0.25, 0.3) is 0 Å². The van der Waals surface area contributed by atoms with Crippen LogP contribution in [-0.2, 0) is 24.3 Å². The fourth-order valence-corrected chi connectivity index (χ4v) is 5.71. The van der Waals surface area contributed by atoms with Crippen LogP contribution in [0.3, 0.4) is 0 Å². The van der Waals surface area contributed by atoms with Crippen molar-refractivity contribution in [2.45, 2.75) is 70.6 Å². The Balaban J connectivity index is 1.42. The van der Waals surface area contributed by atoms with Gasteiger partial charge < -0.3 is 20.1 Å². The summed E-state index contributed by atoms with van der Waals surface area (Å²) in [5, 5.41) is 17.4. The Morgan fingerprint density at radius 1 is 1.20 bits per heavy atom. The van der Waals surface area contributed by atoms with Crippen molar-refractivity contribution >= 4 is 46.4 Å². The third-order valence-corrected chi connectivity index (χ3v) is 8.24. The molecule has 1 saturated carbocycles. The summed E-state index contributed by atoms with van der Waals surface area (Å²) in [6.07, 6.45) is 8.21. The minimum Gasteiger partial charge on any atom is -0.360 e. The molecule has 1 heterocycles. The fourth-order valence-electron chi connectivity index (χ4n) is 5.03. The van der Waals surface area contributed by atoms with E-state index in [-0.39, 0.29) is 12.3 Å². The van der Waals surface area contributed by atoms with E-state index in [1.165, 1.54) is 12.8 Å². The molecule has 1 aromatic heterocycles. The van der Waals surface area contributed by atoms with Crippen LogP contribution >= 0.6 is 35.4 Å². The number of aromatic nitrogens is 2. The Morgan fingerprint density at radius 3 is 2.62 bits per heavy atom. The zero-order chi connectivity index (χ0) is 28.7. The number of hydrogen-bond donors (Lipinski definition) is 2. The van der Waals surface area contributed by atoms with Gasteiger partial charge in [-0.3, -0.25) is 4.79 Å². The summed E-state index contributed by atoms with van der Waals surface area (Å²) in [5.41, 5.74) is 2.72. The number of nitriles is 1. The maximum absolute atomic E-state index is 13.2. The quantitative estimate of drug-likeness (QED) is 0.285. The second-order valence-corrected chi connectivity index (χ2v) is 12.1. The highest BCUT2D eigenvalue weighted by atomic mass is 35.5. The van der Waals surface area contributed by atoms with Crippen LogP contribution in [-0.4, -0.2) is 43.6 Å². The Hall–Kier alpha value is -3.12. The molecular weight excluding hydrogens is 563 g/mol. The Morgan fingerprint density at radius 2 is 1.93 bits per heavy atom. The molecule has 0 saturated heterocycles. The van der Waals surface area contributed by atoms with Crippen LogP contribution < -0.4 is 10.6 Å². The van der Waals surface area contributed by atoms with Crippen molar-refractivity contribution in [1.29, 1.82) is 5.26 Å². The van der Waals surface area contributed by atoms with Gasteiger partial charge in [0.1, 0.15) is 0 Å². The first-order valence-corrected chi connectivity index (χ1v) is 14.6. The van der Waals surface area contributed by atoms with E-state index < -0.39 is 5.54 Å². The highest BCUT2D eigenvalue weighted by Crippen LogP contribution is 2.27. The van der Waals surface area contributed by atoms with Crippen LogP contribution in [0.15, 0.2) is 55.0 Å². The molecule has 4 rings (SSSR count). The van der Waals surface area contributed by atoms with Crippen LogP contribution in [0.4, 0.5) is 0 Å². The van der Waals surface area contributed by atoms with Gasteiger partial charge in [-0.2, -0.15) is 5.26 Å². The van der Waals surface area contributed by atoms with E-state index in [1.54, 1.807) is 30.7 Å². The van der Waals surface area contributed by atoms with Crippen molar-refractivity contribution in [3.8, 4) is 6.07 Å². The summed E-state index contributed by atoms with van der Waals surface area (Å²) >= 11 is 18.7. The molecule has 0 spiro atoms. The standard InChI is InChI=1S/C30H34Cl2N6OS/c1-30(2,36-27(39)14-25-16-34-20-38(25)17-22-12-10-21(15-33)11-13-22)19-37(29(40)35-24-7-3-4-8-24)18-23-6-5-9-26(31)28(23)32/h5-6,9-13,16,20,24H,3-4,7-8,14,17-19H2,1-2H3,(H,35,40)(H,36,39). The summed E-state index contributed by atoms with van der Waals surface area (Å²) in [5.74, 6) is -0.109. The molecule has 2 aromatic carbocycles. The number of hydrogen-bond acceptors (Lipinski definition) is 4. The summed E-state index contributed by atoms with van der Waals surface area (Å²) in [7, 11) is 0. The fraction of sp³-hybridized carbons (Fsp3) is 0.400. The molecule has 40 heavy (non-hydrogen) atoms. The van der Waals surface area contributed by atoms with Gasteiger partial charge in [-0.15, -0.1) is 0 Å². The van der Waals surface area contributed by atoms with Crippen LogP contribution in [0.1, 0.15) is 61.9 Å². The predicted molar refractivity (Wildman–Crippen MR) is 163 cm³/mol. The summed E-state index contributed by atoms with van der Waals surface area (Å²) in [6.45, 7) is 5.49. The van der Waals surface area contributed by atoms with E-state index in [9.17, 15) is 4.79 Å². The van der Waals surface area contributed by atoms with Crippen molar-refractivity contribution in [1.82, 2.24) is 25.1 Å². The SMILES string of the molecule is CC(C)(CN(Cc1cccc(Cl)c1Cl)C(=S)NC1CCCC1)NC(=O)Cc1cncn1Cc1ccc(C#N)cc1. The number of carbonyl (C=O) groups is 1. The molecule has 7 nitrogen and oxygen atoms in total. The summed E-state index contributed by atoms with van der Waals surface area (Å²) < 4.78 is 1.95. The molecule has 210 valence electrons. The lowest BCUT2D eigenvalue weighted by atomic mass is 10.0. The van der Waals surface area contributed by atoms with Crippen molar-refractivity contribution < 1.29 is 4.79 Å². The number of carbonyl (C=O) groups excluding carboxylic acids is 1. The number of halogens is 2. The molecule has 1 aliphatic carbocycles. The normalized spacial score (nSPS) is 13.6. The molecule has 1 amide bonds. The van der Waals surface area contributed by atoms with Crippen molar-refractivity contribution in [2.75, 3.05) is 6.54 Å². The van der Waals surface area contributed by atoms with Gasteiger partial charge in [0.05, 0.1) is 40.0 Å². The summed E-state index contributed by atoms with van der Waals surface area (Å²) in [6, 6.07) is 15.5. The monoisotopic (exact) mass is 596 g/mol. The lowest BCUT2D eigenvalue weighted by Gasteiger charge is -2.36. The van der Waals surface area contributed by atoms with E-state index in [0.29, 0.717) is 46.4 Å². The summed E-state index contributed by atoms with van der Waals surface area (Å²) in [4.78, 5) is 19.5. The molecule has 0 radical (unpaired) electrons. The average molecular weight is 598 g/mol. The molecule has 0 aliphatic heterocycles. The zero-order valence-electron chi connectivity index (χ0n) is 22.8. The number of thiocarbonyl (C=S) groups is 1. The number of amides is 1. The van der Waals surface area contributed by atoms with Gasteiger partial charge in [0.25, 0.3) is 0 Å². The van der Waals surface area contributed by atoms with Crippen molar-refractivity contribution in [2.24, 2.45) is 0 Å². The highest BCUT2D eigenvalue weighted by Gasteiger charge is 2.28. The molecule has 3 aromatic rings. The van der Waals surface area contributed by atoms with E-state index in [2.05, 4.69) is 26.6 Å². The second kappa shape index (κ2) is 13.5. The third-order valence-electron chi connectivity index (χ3n) is 7.00. The Bertz CT molecular complexity index is 1380. The smallest absolute Gasteiger partial charge is 0.226 e. The van der Waals surface area contributed by atoms with E-state index in [1.807, 2.05) is 42.7 Å². The molecule has 10 heteroatoms. The average Bonchev–Trinajstić information content (AvgIpc) is 3.58. The van der Waals surface area contributed by atoms with E-state index in [0.717, 1.165) is 29.7 Å². The van der Waals surface area contributed by atoms with Crippen LogP contribution in [0, 0.1) is 11.3 Å². The van der Waals surface area contributed by atoms with E-state index in [4.69, 9.17) is 40.7 Å². The first kappa shape index (κ1) is 29.9. The Labute approximate surface area is 251 Å². The van der Waals surface area contributed by atoms with Crippen molar-refractivity contribution in [3.05, 3.63) is 87.4 Å². The van der Waals surface area contributed by atoms with Gasteiger partial charge in [0, 0.05) is 37.6 Å².